The number of aromatic nitrogens is 5. The number of hydrogen-bond acceptors (Lipinski definition) is 10. The first kappa shape index (κ1) is 13.9. The molecule has 2 aromatic rings. The van der Waals surface area contributed by atoms with Crippen LogP contribution in [0.5, 0.6) is 0 Å². The molecule has 1 saturated heterocycles. The lowest BCUT2D eigenvalue weighted by atomic mass is 10.4. The van der Waals surface area contributed by atoms with Gasteiger partial charge in [-0.1, -0.05) is 0 Å². The van der Waals surface area contributed by atoms with Gasteiger partial charge in [0.1, 0.15) is 11.4 Å². The van der Waals surface area contributed by atoms with Gasteiger partial charge in [0.2, 0.25) is 17.1 Å². The van der Waals surface area contributed by atoms with Crippen LogP contribution in [0.4, 0.5) is 11.9 Å². The number of anilines is 2. The molecule has 21 heavy (non-hydrogen) atoms. The Bertz CT molecular complexity index is 592. The summed E-state index contributed by atoms with van der Waals surface area (Å²) < 4.78 is 5.33. The largest absolute Gasteiger partial charge is 0.378 e. The summed E-state index contributed by atoms with van der Waals surface area (Å²) in [4.78, 5) is 23.0. The van der Waals surface area contributed by atoms with E-state index in [9.17, 15) is 0 Å². The molecule has 0 amide bonds. The second kappa shape index (κ2) is 6.61. The van der Waals surface area contributed by atoms with Crippen LogP contribution >= 0.6 is 11.8 Å². The second-order valence-electron chi connectivity index (χ2n) is 4.14. The third kappa shape index (κ3) is 3.54. The summed E-state index contributed by atoms with van der Waals surface area (Å²) in [7, 11) is 0. The molecule has 0 saturated carbocycles. The van der Waals surface area contributed by atoms with Crippen LogP contribution in [-0.4, -0.2) is 51.2 Å². The zero-order valence-corrected chi connectivity index (χ0v) is 12.0. The van der Waals surface area contributed by atoms with E-state index in [0.717, 1.165) is 18.1 Å². The second-order valence-corrected chi connectivity index (χ2v) is 5.12. The maximum absolute atomic E-state index is 5.43. The molecule has 0 atom stereocenters. The van der Waals surface area contributed by atoms with Gasteiger partial charge in [-0.15, -0.1) is 0 Å². The summed E-state index contributed by atoms with van der Waals surface area (Å²) in [6.45, 7) is 2.80. The Morgan fingerprint density at radius 1 is 1.24 bits per heavy atom. The van der Waals surface area contributed by atoms with Gasteiger partial charge < -0.3 is 9.64 Å². The molecule has 3 heterocycles. The summed E-state index contributed by atoms with van der Waals surface area (Å²) in [6, 6.07) is 1.79. The zero-order chi connectivity index (χ0) is 14.5. The van der Waals surface area contributed by atoms with Crippen LogP contribution in [0.3, 0.4) is 0 Å². The molecular formula is C11H14N8OS. The fourth-order valence-corrected chi connectivity index (χ4v) is 2.47. The maximum atomic E-state index is 5.43. The van der Waals surface area contributed by atoms with Crippen molar-refractivity contribution in [3.8, 4) is 0 Å². The van der Waals surface area contributed by atoms with Crippen molar-refractivity contribution in [1.29, 1.82) is 0 Å². The Morgan fingerprint density at radius 3 is 2.81 bits per heavy atom. The van der Waals surface area contributed by atoms with Gasteiger partial charge in [0, 0.05) is 19.3 Å². The quantitative estimate of drug-likeness (QED) is 0.452. The number of hydrazine groups is 1. The van der Waals surface area contributed by atoms with Crippen molar-refractivity contribution in [2.24, 2.45) is 5.84 Å². The number of nitrogens with zero attached hydrogens (tertiary/aromatic N) is 6. The normalized spacial score (nSPS) is 15.0. The van der Waals surface area contributed by atoms with Crippen molar-refractivity contribution in [3.63, 3.8) is 0 Å². The van der Waals surface area contributed by atoms with Crippen LogP contribution in [0.25, 0.3) is 0 Å². The molecule has 9 nitrogen and oxygen atoms in total. The summed E-state index contributed by atoms with van der Waals surface area (Å²) >= 11 is 1.33. The van der Waals surface area contributed by atoms with E-state index in [4.69, 9.17) is 10.6 Å². The lowest BCUT2D eigenvalue weighted by molar-refractivity contribution is 0.122. The molecule has 0 aliphatic carbocycles. The number of hydrogen-bond donors (Lipinski definition) is 2. The first-order chi connectivity index (χ1) is 10.3. The average molecular weight is 306 g/mol. The summed E-state index contributed by atoms with van der Waals surface area (Å²) in [5, 5.41) is 1.28. The molecule has 1 fully saturated rings. The van der Waals surface area contributed by atoms with Crippen LogP contribution in [0, 0.1) is 0 Å². The van der Waals surface area contributed by atoms with Gasteiger partial charge >= 0.3 is 0 Å². The minimum absolute atomic E-state index is 0.322. The Hall–Kier alpha value is -2.04. The van der Waals surface area contributed by atoms with Crippen molar-refractivity contribution < 1.29 is 4.74 Å². The highest BCUT2D eigenvalue weighted by atomic mass is 32.2. The van der Waals surface area contributed by atoms with Crippen LogP contribution in [0.1, 0.15) is 0 Å². The highest BCUT2D eigenvalue weighted by molar-refractivity contribution is 7.99. The number of ether oxygens (including phenoxy) is 1. The molecule has 1 aliphatic heterocycles. The van der Waals surface area contributed by atoms with Gasteiger partial charge in [0.05, 0.1) is 13.2 Å². The SMILES string of the molecule is NNc1nc(Sc2ccncn2)nc(N2CCOCC2)n1. The number of nitrogens with one attached hydrogen (secondary N) is 1. The lowest BCUT2D eigenvalue weighted by Crippen LogP contribution is -2.37. The van der Waals surface area contributed by atoms with Crippen LogP contribution in [-0.2, 0) is 4.74 Å². The predicted octanol–water partition coefficient (Wildman–Crippen LogP) is -0.0650. The van der Waals surface area contributed by atoms with E-state index in [-0.39, 0.29) is 0 Å². The fourth-order valence-electron chi connectivity index (χ4n) is 1.79. The standard InChI is InChI=1S/C11H14N8OS/c12-18-9-15-10(19-3-5-20-6-4-19)17-11(16-9)21-8-1-2-13-7-14-8/h1-2,7H,3-6,12H2,(H,15,16,17,18). The molecule has 0 radical (unpaired) electrons. The van der Waals surface area contributed by atoms with E-state index in [2.05, 4.69) is 30.3 Å². The molecule has 0 spiro atoms. The monoisotopic (exact) mass is 306 g/mol. The number of nitrogen functional groups attached to an aromatic ring is 1. The minimum Gasteiger partial charge on any atom is -0.378 e. The van der Waals surface area contributed by atoms with E-state index in [1.807, 2.05) is 4.90 Å². The van der Waals surface area contributed by atoms with Crippen molar-refractivity contribution in [1.82, 2.24) is 24.9 Å². The predicted molar refractivity (Wildman–Crippen MR) is 76.8 cm³/mol. The van der Waals surface area contributed by atoms with Gasteiger partial charge in [-0.3, -0.25) is 5.43 Å². The Balaban J connectivity index is 1.85. The molecule has 0 unspecified atom stereocenters. The summed E-state index contributed by atoms with van der Waals surface area (Å²) in [5.74, 6) is 6.33. The van der Waals surface area contributed by atoms with E-state index >= 15 is 0 Å². The van der Waals surface area contributed by atoms with Crippen molar-refractivity contribution in [2.75, 3.05) is 36.6 Å². The Kier molecular flexibility index (Phi) is 4.38. The van der Waals surface area contributed by atoms with E-state index in [0.29, 0.717) is 30.3 Å². The first-order valence-corrected chi connectivity index (χ1v) is 7.16. The van der Waals surface area contributed by atoms with Gasteiger partial charge in [0.25, 0.3) is 0 Å². The van der Waals surface area contributed by atoms with Gasteiger partial charge in [-0.2, -0.15) is 15.0 Å². The zero-order valence-electron chi connectivity index (χ0n) is 11.1. The van der Waals surface area contributed by atoms with Crippen molar-refractivity contribution >= 4 is 23.7 Å². The minimum atomic E-state index is 0.322. The molecule has 2 aromatic heterocycles. The third-order valence-corrected chi connectivity index (χ3v) is 3.59. The lowest BCUT2D eigenvalue weighted by Gasteiger charge is -2.26. The Labute approximate surface area is 125 Å². The molecule has 110 valence electrons. The molecule has 0 aromatic carbocycles. The molecule has 10 heteroatoms. The average Bonchev–Trinajstić information content (AvgIpc) is 2.56. The van der Waals surface area contributed by atoms with E-state index in [1.165, 1.54) is 18.1 Å². The molecule has 3 rings (SSSR count). The van der Waals surface area contributed by atoms with E-state index in [1.54, 1.807) is 12.3 Å². The van der Waals surface area contributed by atoms with Crippen molar-refractivity contribution in [2.45, 2.75) is 10.2 Å². The molecular weight excluding hydrogens is 292 g/mol. The molecule has 3 N–H and O–H groups in total. The van der Waals surface area contributed by atoms with Crippen molar-refractivity contribution in [3.05, 3.63) is 18.6 Å². The fraction of sp³-hybridized carbons (Fsp3) is 0.364. The maximum Gasteiger partial charge on any atom is 0.242 e. The first-order valence-electron chi connectivity index (χ1n) is 6.34. The third-order valence-electron chi connectivity index (χ3n) is 2.78. The molecule has 1 aliphatic rings. The smallest absolute Gasteiger partial charge is 0.242 e. The van der Waals surface area contributed by atoms with Crippen LogP contribution < -0.4 is 16.2 Å². The van der Waals surface area contributed by atoms with Gasteiger partial charge in [-0.25, -0.2) is 15.8 Å². The Morgan fingerprint density at radius 2 is 2.10 bits per heavy atom. The highest BCUT2D eigenvalue weighted by Gasteiger charge is 2.17. The number of nitrogens with two attached hydrogens (primary N) is 1. The highest BCUT2D eigenvalue weighted by Crippen LogP contribution is 2.24. The van der Waals surface area contributed by atoms with Gasteiger partial charge in [-0.05, 0) is 17.8 Å². The topological polar surface area (TPSA) is 115 Å². The number of morpholine rings is 1. The summed E-state index contributed by atoms with van der Waals surface area (Å²) in [5.41, 5.74) is 2.47. The van der Waals surface area contributed by atoms with Crippen LogP contribution in [0.15, 0.2) is 28.8 Å². The summed E-state index contributed by atoms with van der Waals surface area (Å²) in [6.07, 6.45) is 3.15. The van der Waals surface area contributed by atoms with E-state index < -0.39 is 0 Å². The molecule has 0 bridgehead atoms. The van der Waals surface area contributed by atoms with Gasteiger partial charge in [0.15, 0.2) is 0 Å². The number of rotatable bonds is 4. The van der Waals surface area contributed by atoms with Crippen LogP contribution in [0.2, 0.25) is 0 Å².